The van der Waals surface area contributed by atoms with Crippen LogP contribution in [0.4, 0.5) is 0 Å². The van der Waals surface area contributed by atoms with E-state index in [1.807, 2.05) is 0 Å². The van der Waals surface area contributed by atoms with Crippen LogP contribution in [-0.2, 0) is 32.7 Å². The highest BCUT2D eigenvalue weighted by molar-refractivity contribution is 7.47. The van der Waals surface area contributed by atoms with Crippen LogP contribution in [0.3, 0.4) is 0 Å². The summed E-state index contributed by atoms with van der Waals surface area (Å²) in [7, 11) is -4.38. The van der Waals surface area contributed by atoms with Crippen molar-refractivity contribution in [2.75, 3.05) is 26.4 Å². The Balaban J connectivity index is 4.00. The molecule has 1 unspecified atom stereocenters. The van der Waals surface area contributed by atoms with Crippen molar-refractivity contribution in [1.82, 2.24) is 0 Å². The molecule has 0 amide bonds. The van der Waals surface area contributed by atoms with Crippen molar-refractivity contribution < 1.29 is 37.6 Å². The Morgan fingerprint density at radius 1 is 0.460 bits per heavy atom. The molecule has 0 rings (SSSR count). The maximum atomic E-state index is 12.7. The summed E-state index contributed by atoms with van der Waals surface area (Å²) >= 11 is 0. The largest absolute Gasteiger partial charge is 0.472 e. The van der Waals surface area contributed by atoms with Crippen LogP contribution >= 0.6 is 7.82 Å². The van der Waals surface area contributed by atoms with Crippen LogP contribution in [0.25, 0.3) is 0 Å². The van der Waals surface area contributed by atoms with Crippen LogP contribution in [0.15, 0.2) is 24.3 Å². The zero-order valence-electron chi connectivity index (χ0n) is 41.3. The second kappa shape index (κ2) is 49.9. The monoisotopic (exact) mass is 912 g/mol. The summed E-state index contributed by atoms with van der Waals surface area (Å²) in [5.41, 5.74) is 5.37. The first-order valence-electron chi connectivity index (χ1n) is 26.8. The number of carbonyl (C=O) groups is 2. The number of phosphoric ester groups is 1. The summed E-state index contributed by atoms with van der Waals surface area (Å²) in [6.45, 7) is 3.78. The molecule has 0 aromatic rings. The van der Waals surface area contributed by atoms with Gasteiger partial charge < -0.3 is 20.1 Å². The average molecular weight is 912 g/mol. The number of rotatable bonds is 51. The minimum atomic E-state index is -4.38. The van der Waals surface area contributed by atoms with Crippen molar-refractivity contribution in [3.8, 4) is 0 Å². The zero-order valence-corrected chi connectivity index (χ0v) is 42.2. The molecule has 63 heavy (non-hydrogen) atoms. The SMILES string of the molecule is CCCCCCCCC=CCCCCCCCCCCCCCC(=O)OC[C@H](COP(=O)(O)OCCN)OC(=O)CCCCCCCCCCCCCC=CCCCCCCCC. The maximum Gasteiger partial charge on any atom is 0.472 e. The van der Waals surface area contributed by atoms with E-state index in [1.54, 1.807) is 0 Å². The lowest BCUT2D eigenvalue weighted by molar-refractivity contribution is -0.161. The van der Waals surface area contributed by atoms with Gasteiger partial charge in [0.15, 0.2) is 6.10 Å². The number of nitrogens with two attached hydrogens (primary N) is 1. The number of hydrogen-bond acceptors (Lipinski definition) is 8. The molecule has 0 aromatic carbocycles. The number of ether oxygens (including phenoxy) is 2. The number of hydrogen-bond donors (Lipinski definition) is 2. The Morgan fingerprint density at radius 3 is 1.13 bits per heavy atom. The molecule has 0 heterocycles. The van der Waals surface area contributed by atoms with E-state index < -0.39 is 26.5 Å². The molecule has 0 aliphatic carbocycles. The quantitative estimate of drug-likeness (QED) is 0.0265. The standard InChI is InChI=1S/C53H102NO8P/c1-3-5-7-9-11-13-15-17-19-21-23-25-27-29-31-33-35-37-39-41-43-45-52(55)59-49-51(50-61-63(57,58)60-48-47-54)62-53(56)46-44-42-40-38-36-34-32-30-28-26-24-22-20-18-16-14-12-10-8-6-4-2/h17-20,51H,3-16,21-50,54H2,1-2H3,(H,57,58)/t51-/m1/s1. The molecule has 372 valence electrons. The lowest BCUT2D eigenvalue weighted by atomic mass is 10.0. The second-order valence-corrected chi connectivity index (χ2v) is 19.5. The van der Waals surface area contributed by atoms with E-state index in [4.69, 9.17) is 24.3 Å². The Kier molecular flexibility index (Phi) is 48.7. The van der Waals surface area contributed by atoms with Crippen molar-refractivity contribution in [3.05, 3.63) is 24.3 Å². The van der Waals surface area contributed by atoms with Gasteiger partial charge in [-0.05, 0) is 64.2 Å². The van der Waals surface area contributed by atoms with E-state index in [-0.39, 0.29) is 38.6 Å². The molecule has 0 spiro atoms. The van der Waals surface area contributed by atoms with Gasteiger partial charge in [-0.15, -0.1) is 0 Å². The van der Waals surface area contributed by atoms with E-state index in [9.17, 15) is 19.0 Å². The van der Waals surface area contributed by atoms with E-state index in [0.717, 1.165) is 38.5 Å². The van der Waals surface area contributed by atoms with Crippen molar-refractivity contribution in [3.63, 3.8) is 0 Å². The molecule has 0 aromatic heterocycles. The normalized spacial score (nSPS) is 13.3. The third-order valence-corrected chi connectivity index (χ3v) is 12.8. The van der Waals surface area contributed by atoms with E-state index in [1.165, 1.54) is 199 Å². The van der Waals surface area contributed by atoms with Crippen molar-refractivity contribution >= 4 is 19.8 Å². The smallest absolute Gasteiger partial charge is 0.462 e. The van der Waals surface area contributed by atoms with Gasteiger partial charge in [0.05, 0.1) is 13.2 Å². The van der Waals surface area contributed by atoms with Crippen LogP contribution in [0.1, 0.15) is 271 Å². The lowest BCUT2D eigenvalue weighted by Crippen LogP contribution is -2.29. The van der Waals surface area contributed by atoms with Gasteiger partial charge in [-0.25, -0.2) is 4.57 Å². The summed E-state index contributed by atoms with van der Waals surface area (Å²) in [5, 5.41) is 0. The van der Waals surface area contributed by atoms with Gasteiger partial charge in [0.1, 0.15) is 6.61 Å². The van der Waals surface area contributed by atoms with E-state index >= 15 is 0 Å². The highest BCUT2D eigenvalue weighted by Crippen LogP contribution is 2.43. The highest BCUT2D eigenvalue weighted by atomic mass is 31.2. The number of phosphoric acid groups is 1. The number of esters is 2. The summed E-state index contributed by atoms with van der Waals surface area (Å²) in [5.74, 6) is -0.817. The topological polar surface area (TPSA) is 134 Å². The molecule has 3 N–H and O–H groups in total. The molecule has 0 fully saturated rings. The Bertz CT molecular complexity index is 1090. The fourth-order valence-corrected chi connectivity index (χ4v) is 8.57. The minimum absolute atomic E-state index is 0.0550. The van der Waals surface area contributed by atoms with Gasteiger partial charge in [0.25, 0.3) is 0 Å². The average Bonchev–Trinajstić information content (AvgIpc) is 3.27. The molecule has 0 saturated carbocycles. The lowest BCUT2D eigenvalue weighted by Gasteiger charge is -2.19. The maximum absolute atomic E-state index is 12.7. The van der Waals surface area contributed by atoms with Crippen LogP contribution in [0.2, 0.25) is 0 Å². The van der Waals surface area contributed by atoms with Crippen molar-refractivity contribution in [2.24, 2.45) is 5.73 Å². The minimum Gasteiger partial charge on any atom is -0.462 e. The van der Waals surface area contributed by atoms with Gasteiger partial charge in [0.2, 0.25) is 0 Å². The van der Waals surface area contributed by atoms with Crippen LogP contribution < -0.4 is 5.73 Å². The molecule has 2 atom stereocenters. The molecule has 0 aliphatic heterocycles. The molecule has 9 nitrogen and oxygen atoms in total. The fraction of sp³-hybridized carbons (Fsp3) is 0.887. The third kappa shape index (κ3) is 49.8. The Hall–Kier alpha value is -1.51. The molecular formula is C53H102NO8P. The summed E-state index contributed by atoms with van der Waals surface area (Å²) < 4.78 is 33.0. The molecular weight excluding hydrogens is 810 g/mol. The molecule has 0 radical (unpaired) electrons. The first-order chi connectivity index (χ1) is 30.8. The molecule has 0 saturated heterocycles. The Morgan fingerprint density at radius 2 is 0.778 bits per heavy atom. The predicted octanol–water partition coefficient (Wildman–Crippen LogP) is 16.3. The molecule has 10 heteroatoms. The second-order valence-electron chi connectivity index (χ2n) is 18.1. The van der Waals surface area contributed by atoms with Crippen LogP contribution in [0, 0.1) is 0 Å². The summed E-state index contributed by atoms with van der Waals surface area (Å²) in [6, 6.07) is 0. The van der Waals surface area contributed by atoms with E-state index in [0.29, 0.717) is 6.42 Å². The van der Waals surface area contributed by atoms with Crippen LogP contribution in [-0.4, -0.2) is 49.3 Å². The van der Waals surface area contributed by atoms with Gasteiger partial charge in [0, 0.05) is 19.4 Å². The number of carbonyl (C=O) groups excluding carboxylic acids is 2. The summed E-state index contributed by atoms with van der Waals surface area (Å²) in [6.07, 6.45) is 56.4. The van der Waals surface area contributed by atoms with Gasteiger partial charge in [-0.2, -0.15) is 0 Å². The van der Waals surface area contributed by atoms with Gasteiger partial charge in [-0.1, -0.05) is 218 Å². The number of allylic oxidation sites excluding steroid dienone is 4. The van der Waals surface area contributed by atoms with Crippen LogP contribution in [0.5, 0.6) is 0 Å². The first kappa shape index (κ1) is 61.5. The van der Waals surface area contributed by atoms with Gasteiger partial charge in [-0.3, -0.25) is 18.6 Å². The van der Waals surface area contributed by atoms with Crippen molar-refractivity contribution in [1.29, 1.82) is 0 Å². The number of unbranched alkanes of at least 4 members (excludes halogenated alkanes) is 34. The van der Waals surface area contributed by atoms with Crippen molar-refractivity contribution in [2.45, 2.75) is 277 Å². The predicted molar refractivity (Wildman–Crippen MR) is 266 cm³/mol. The fourth-order valence-electron chi connectivity index (χ4n) is 7.80. The third-order valence-electron chi connectivity index (χ3n) is 11.8. The zero-order chi connectivity index (χ0) is 46.0. The van der Waals surface area contributed by atoms with E-state index in [2.05, 4.69) is 38.2 Å². The molecule has 0 aliphatic rings. The highest BCUT2D eigenvalue weighted by Gasteiger charge is 2.26. The first-order valence-corrected chi connectivity index (χ1v) is 28.3. The summed E-state index contributed by atoms with van der Waals surface area (Å²) in [4.78, 5) is 35.1. The molecule has 0 bridgehead atoms. The Labute approximate surface area is 389 Å². The van der Waals surface area contributed by atoms with Gasteiger partial charge >= 0.3 is 19.8 Å².